The van der Waals surface area contributed by atoms with Gasteiger partial charge in [-0.3, -0.25) is 4.79 Å². The predicted molar refractivity (Wildman–Crippen MR) is 133 cm³/mol. The van der Waals surface area contributed by atoms with Gasteiger partial charge in [-0.2, -0.15) is 0 Å². The van der Waals surface area contributed by atoms with Gasteiger partial charge < -0.3 is 5.32 Å². The van der Waals surface area contributed by atoms with Crippen LogP contribution in [0.3, 0.4) is 0 Å². The van der Waals surface area contributed by atoms with Crippen molar-refractivity contribution in [3.05, 3.63) is 101 Å². The molecular weight excluding hydrogens is 392 g/mol. The lowest BCUT2D eigenvalue weighted by Crippen LogP contribution is -2.27. The molecule has 4 aromatic rings. The second-order valence-corrected chi connectivity index (χ2v) is 9.51. The number of pyridine rings is 1. The van der Waals surface area contributed by atoms with E-state index in [1.807, 2.05) is 49.4 Å². The van der Waals surface area contributed by atoms with Gasteiger partial charge in [-0.1, -0.05) is 87.0 Å². The van der Waals surface area contributed by atoms with E-state index in [1.54, 1.807) is 0 Å². The molecule has 0 aliphatic rings. The summed E-state index contributed by atoms with van der Waals surface area (Å²) in [5.41, 5.74) is 6.91. The van der Waals surface area contributed by atoms with Gasteiger partial charge in [-0.25, -0.2) is 4.98 Å². The van der Waals surface area contributed by atoms with Crippen LogP contribution in [0.15, 0.2) is 78.9 Å². The number of fused-ring (bicyclic) bond motifs is 1. The van der Waals surface area contributed by atoms with E-state index < -0.39 is 0 Å². The van der Waals surface area contributed by atoms with Crippen molar-refractivity contribution < 1.29 is 4.79 Å². The normalized spacial score (nSPS) is 12.5. The van der Waals surface area contributed by atoms with Gasteiger partial charge in [0.25, 0.3) is 5.91 Å². The second-order valence-electron chi connectivity index (χ2n) is 9.51. The standard InChI is InChI=1S/C29H30N2O/c1-19-9-8-10-22(17-19)27-18-25(24-11-6-7-12-26(24)31-27)28(32)30-20(2)21-13-15-23(16-14-21)29(3,4)5/h6-18,20H,1-5H3,(H,30,32)/t20-/m1/s1. The number of hydrogen-bond donors (Lipinski definition) is 1. The minimum atomic E-state index is -0.106. The molecule has 0 spiro atoms. The molecule has 3 heteroatoms. The van der Waals surface area contributed by atoms with E-state index in [1.165, 1.54) is 5.56 Å². The van der Waals surface area contributed by atoms with Crippen molar-refractivity contribution in [1.82, 2.24) is 10.3 Å². The van der Waals surface area contributed by atoms with Gasteiger partial charge in [-0.15, -0.1) is 0 Å². The summed E-state index contributed by atoms with van der Waals surface area (Å²) < 4.78 is 0. The maximum atomic E-state index is 13.4. The molecule has 3 nitrogen and oxygen atoms in total. The van der Waals surface area contributed by atoms with Gasteiger partial charge >= 0.3 is 0 Å². The number of nitrogens with zero attached hydrogens (tertiary/aromatic N) is 1. The smallest absolute Gasteiger partial charge is 0.252 e. The summed E-state index contributed by atoms with van der Waals surface area (Å²) in [6, 6.07) is 26.3. The highest BCUT2D eigenvalue weighted by atomic mass is 16.1. The topological polar surface area (TPSA) is 42.0 Å². The predicted octanol–water partition coefficient (Wildman–Crippen LogP) is 7.00. The Labute approximate surface area is 190 Å². The van der Waals surface area contributed by atoms with E-state index in [-0.39, 0.29) is 17.4 Å². The first-order valence-corrected chi connectivity index (χ1v) is 11.1. The average molecular weight is 423 g/mol. The first-order chi connectivity index (χ1) is 15.2. The maximum absolute atomic E-state index is 13.4. The molecule has 0 fully saturated rings. The van der Waals surface area contributed by atoms with Crippen LogP contribution in [-0.2, 0) is 5.41 Å². The van der Waals surface area contributed by atoms with Crippen LogP contribution in [0.1, 0.15) is 60.8 Å². The van der Waals surface area contributed by atoms with Crippen LogP contribution in [-0.4, -0.2) is 10.9 Å². The minimum Gasteiger partial charge on any atom is -0.345 e. The van der Waals surface area contributed by atoms with Crippen LogP contribution in [0, 0.1) is 6.92 Å². The average Bonchev–Trinajstić information content (AvgIpc) is 2.77. The zero-order valence-electron chi connectivity index (χ0n) is 19.4. The third-order valence-corrected chi connectivity index (χ3v) is 5.90. The highest BCUT2D eigenvalue weighted by Gasteiger charge is 2.18. The quantitative estimate of drug-likeness (QED) is 0.385. The molecule has 0 saturated heterocycles. The summed E-state index contributed by atoms with van der Waals surface area (Å²) in [6.07, 6.45) is 0. The highest BCUT2D eigenvalue weighted by Crippen LogP contribution is 2.27. The first-order valence-electron chi connectivity index (χ1n) is 11.1. The van der Waals surface area contributed by atoms with Crippen LogP contribution >= 0.6 is 0 Å². The van der Waals surface area contributed by atoms with Crippen molar-refractivity contribution >= 4 is 16.8 Å². The minimum absolute atomic E-state index is 0.0927. The molecule has 4 rings (SSSR count). The summed E-state index contributed by atoms with van der Waals surface area (Å²) >= 11 is 0. The Morgan fingerprint density at radius 2 is 1.62 bits per heavy atom. The summed E-state index contributed by atoms with van der Waals surface area (Å²) in [5, 5.41) is 4.04. The second kappa shape index (κ2) is 8.58. The molecule has 162 valence electrons. The number of benzene rings is 3. The third kappa shape index (κ3) is 4.57. The molecule has 1 N–H and O–H groups in total. The highest BCUT2D eigenvalue weighted by molar-refractivity contribution is 6.07. The molecule has 32 heavy (non-hydrogen) atoms. The van der Waals surface area contributed by atoms with Gasteiger partial charge in [0.15, 0.2) is 0 Å². The molecule has 1 heterocycles. The Bertz CT molecular complexity index is 1270. The van der Waals surface area contributed by atoms with Gasteiger partial charge in [0, 0.05) is 10.9 Å². The number of amides is 1. The van der Waals surface area contributed by atoms with E-state index in [9.17, 15) is 4.79 Å². The van der Waals surface area contributed by atoms with E-state index in [4.69, 9.17) is 4.98 Å². The molecular formula is C29H30N2O. The lowest BCUT2D eigenvalue weighted by molar-refractivity contribution is 0.0941. The molecule has 1 atom stereocenters. The molecule has 0 radical (unpaired) electrons. The van der Waals surface area contributed by atoms with Gasteiger partial charge in [0.05, 0.1) is 22.8 Å². The Morgan fingerprint density at radius 3 is 2.31 bits per heavy atom. The van der Waals surface area contributed by atoms with Crippen molar-refractivity contribution in [1.29, 1.82) is 0 Å². The SMILES string of the molecule is Cc1cccc(-c2cc(C(=O)N[C@H](C)c3ccc(C(C)(C)C)cc3)c3ccccc3n2)c1. The van der Waals surface area contributed by atoms with Crippen molar-refractivity contribution in [2.24, 2.45) is 0 Å². The van der Waals surface area contributed by atoms with E-state index >= 15 is 0 Å². The maximum Gasteiger partial charge on any atom is 0.252 e. The molecule has 1 amide bonds. The molecule has 3 aromatic carbocycles. The van der Waals surface area contributed by atoms with E-state index in [0.29, 0.717) is 5.56 Å². The summed E-state index contributed by atoms with van der Waals surface area (Å²) in [7, 11) is 0. The van der Waals surface area contributed by atoms with Crippen molar-refractivity contribution in [2.75, 3.05) is 0 Å². The third-order valence-electron chi connectivity index (χ3n) is 5.90. The zero-order chi connectivity index (χ0) is 22.9. The van der Waals surface area contributed by atoms with Crippen molar-refractivity contribution in [3.8, 4) is 11.3 Å². The number of aryl methyl sites for hydroxylation is 1. The number of hydrogen-bond acceptors (Lipinski definition) is 2. The molecule has 1 aromatic heterocycles. The van der Waals surface area contributed by atoms with Crippen LogP contribution in [0.2, 0.25) is 0 Å². The monoisotopic (exact) mass is 422 g/mol. The van der Waals surface area contributed by atoms with Crippen molar-refractivity contribution in [2.45, 2.75) is 46.1 Å². The lowest BCUT2D eigenvalue weighted by atomic mass is 9.86. The number of nitrogens with one attached hydrogen (secondary N) is 1. The molecule has 0 saturated carbocycles. The summed E-state index contributed by atoms with van der Waals surface area (Å²) in [6.45, 7) is 10.7. The zero-order valence-corrected chi connectivity index (χ0v) is 19.4. The van der Waals surface area contributed by atoms with Crippen LogP contribution < -0.4 is 5.32 Å². The Kier molecular flexibility index (Phi) is 5.84. The van der Waals surface area contributed by atoms with Crippen molar-refractivity contribution in [3.63, 3.8) is 0 Å². The van der Waals surface area contributed by atoms with E-state index in [2.05, 4.69) is 69.4 Å². The Hall–Kier alpha value is -3.46. The molecule has 0 aliphatic carbocycles. The number of carbonyl (C=O) groups is 1. The Morgan fingerprint density at radius 1 is 0.906 bits per heavy atom. The van der Waals surface area contributed by atoms with E-state index in [0.717, 1.165) is 33.3 Å². The fourth-order valence-electron chi connectivity index (χ4n) is 3.95. The van der Waals surface area contributed by atoms with Gasteiger partial charge in [-0.05, 0) is 48.6 Å². The molecule has 0 bridgehead atoms. The number of rotatable bonds is 4. The number of carbonyl (C=O) groups excluding carboxylic acids is 1. The fourth-order valence-corrected chi connectivity index (χ4v) is 3.95. The Balaban J connectivity index is 1.67. The van der Waals surface area contributed by atoms with Crippen LogP contribution in [0.25, 0.3) is 22.2 Å². The fraction of sp³-hybridized carbons (Fsp3) is 0.241. The number of aromatic nitrogens is 1. The summed E-state index contributed by atoms with van der Waals surface area (Å²) in [4.78, 5) is 18.2. The molecule has 0 aliphatic heterocycles. The lowest BCUT2D eigenvalue weighted by Gasteiger charge is -2.21. The summed E-state index contributed by atoms with van der Waals surface area (Å²) in [5.74, 6) is -0.0927. The molecule has 0 unspecified atom stereocenters. The largest absolute Gasteiger partial charge is 0.345 e. The first kappa shape index (κ1) is 21.8. The van der Waals surface area contributed by atoms with Crippen LogP contribution in [0.4, 0.5) is 0 Å². The van der Waals surface area contributed by atoms with Crippen LogP contribution in [0.5, 0.6) is 0 Å². The number of para-hydroxylation sites is 1. The van der Waals surface area contributed by atoms with Gasteiger partial charge in [0.1, 0.15) is 0 Å². The van der Waals surface area contributed by atoms with Gasteiger partial charge in [0.2, 0.25) is 0 Å².